The van der Waals surface area contributed by atoms with E-state index in [9.17, 15) is 9.59 Å². The van der Waals surface area contributed by atoms with Crippen LogP contribution in [0.5, 0.6) is 0 Å². The number of nitrogens with two attached hydrogens (primary N) is 1. The average molecular weight is 369 g/mol. The van der Waals surface area contributed by atoms with Crippen LogP contribution in [0.3, 0.4) is 0 Å². The van der Waals surface area contributed by atoms with Crippen molar-refractivity contribution in [3.8, 4) is 16.9 Å². The van der Waals surface area contributed by atoms with Gasteiger partial charge in [-0.05, 0) is 24.6 Å². The number of rotatable bonds is 3. The third-order valence-electron chi connectivity index (χ3n) is 4.09. The molecule has 4 rings (SSSR count). The molecule has 1 unspecified atom stereocenters. The average Bonchev–Trinajstić information content (AvgIpc) is 3.42. The number of hydrogen-bond acceptors (Lipinski definition) is 6. The molecule has 2 aromatic heterocycles. The maximum Gasteiger partial charge on any atom is 0.269 e. The van der Waals surface area contributed by atoms with Crippen molar-refractivity contribution in [2.75, 3.05) is 13.6 Å². The van der Waals surface area contributed by atoms with Crippen LogP contribution >= 0.6 is 0 Å². The van der Waals surface area contributed by atoms with Crippen molar-refractivity contribution in [3.05, 3.63) is 54.6 Å². The number of hydrogen-bond donors (Lipinski definition) is 2. The molecule has 0 spiro atoms. The fraction of sp³-hybridized carbons (Fsp3) is 0.222. The molecular weight excluding hydrogens is 350 g/mol. The molecule has 1 atom stereocenters. The minimum atomic E-state index is -0.722. The molecule has 27 heavy (non-hydrogen) atoms. The Bertz CT molecular complexity index is 923. The number of benzene rings is 1. The number of nitrogens with zero attached hydrogens (tertiary/aromatic N) is 4. The van der Waals surface area contributed by atoms with Gasteiger partial charge >= 0.3 is 0 Å². The van der Waals surface area contributed by atoms with Gasteiger partial charge in [0.2, 0.25) is 0 Å². The molecule has 0 saturated carbocycles. The maximum atomic E-state index is 11.0. The number of aliphatic hydroxyl groups is 1. The van der Waals surface area contributed by atoms with Gasteiger partial charge in [-0.3, -0.25) is 9.59 Å². The molecule has 1 fully saturated rings. The fourth-order valence-corrected chi connectivity index (χ4v) is 2.57. The summed E-state index contributed by atoms with van der Waals surface area (Å²) < 4.78 is 6.40. The van der Waals surface area contributed by atoms with Crippen LogP contribution in [0.2, 0.25) is 0 Å². The van der Waals surface area contributed by atoms with Crippen molar-refractivity contribution in [3.63, 3.8) is 0 Å². The highest BCUT2D eigenvalue weighted by atomic mass is 16.5. The van der Waals surface area contributed by atoms with E-state index in [1.807, 2.05) is 24.3 Å². The monoisotopic (exact) mass is 369 g/mol. The number of aliphatic hydroxyl groups excluding tert-OH is 1. The number of carbonyl (C=O) groups is 2. The SMILES string of the molecule is CN1CCC(O)C1=O.NC(=O)c1ccn(-c2cccc(-c3ccon3)c2)n1. The minimum Gasteiger partial charge on any atom is -0.383 e. The van der Waals surface area contributed by atoms with E-state index >= 15 is 0 Å². The zero-order valence-corrected chi connectivity index (χ0v) is 14.6. The Hall–Kier alpha value is -3.46. The van der Waals surface area contributed by atoms with Gasteiger partial charge in [-0.2, -0.15) is 5.10 Å². The summed E-state index contributed by atoms with van der Waals surface area (Å²) in [6.45, 7) is 0.694. The van der Waals surface area contributed by atoms with E-state index in [4.69, 9.17) is 15.4 Å². The molecule has 140 valence electrons. The van der Waals surface area contributed by atoms with Gasteiger partial charge in [-0.25, -0.2) is 4.68 Å². The van der Waals surface area contributed by atoms with Gasteiger partial charge in [-0.15, -0.1) is 0 Å². The van der Waals surface area contributed by atoms with Crippen molar-refractivity contribution in [2.45, 2.75) is 12.5 Å². The fourth-order valence-electron chi connectivity index (χ4n) is 2.57. The molecule has 1 saturated heterocycles. The van der Waals surface area contributed by atoms with Crippen molar-refractivity contribution in [1.29, 1.82) is 0 Å². The molecule has 3 aromatic rings. The Morgan fingerprint density at radius 3 is 2.67 bits per heavy atom. The van der Waals surface area contributed by atoms with Crippen LogP contribution in [0.15, 0.2) is 53.4 Å². The summed E-state index contributed by atoms with van der Waals surface area (Å²) in [6.07, 6.45) is 3.07. The largest absolute Gasteiger partial charge is 0.383 e. The smallest absolute Gasteiger partial charge is 0.269 e. The lowest BCUT2D eigenvalue weighted by molar-refractivity contribution is -0.133. The number of amides is 2. The molecule has 9 nitrogen and oxygen atoms in total. The molecule has 0 radical (unpaired) electrons. The number of primary amides is 1. The topological polar surface area (TPSA) is 127 Å². The first kappa shape index (κ1) is 18.3. The first-order valence-corrected chi connectivity index (χ1v) is 8.25. The molecule has 0 aliphatic carbocycles. The van der Waals surface area contributed by atoms with Crippen LogP contribution in [-0.4, -0.2) is 56.5 Å². The molecule has 0 bridgehead atoms. The summed E-state index contributed by atoms with van der Waals surface area (Å²) in [5.41, 5.74) is 7.86. The standard InChI is InChI=1S/C13H10N4O2.C5H9NO2/c14-13(18)12-4-6-17(15-12)10-3-1-2-9(8-10)11-5-7-19-16-11;1-6-3-2-4(7)5(6)8/h1-8H,(H2,14,18);4,7H,2-3H2,1H3. The zero-order chi connectivity index (χ0) is 19.4. The van der Waals surface area contributed by atoms with E-state index in [1.165, 1.54) is 11.2 Å². The third kappa shape index (κ3) is 4.21. The quantitative estimate of drug-likeness (QED) is 0.704. The normalized spacial score (nSPS) is 16.1. The summed E-state index contributed by atoms with van der Waals surface area (Å²) in [4.78, 5) is 23.1. The van der Waals surface area contributed by atoms with Gasteiger partial charge in [0.1, 0.15) is 23.8 Å². The summed E-state index contributed by atoms with van der Waals surface area (Å²) in [6, 6.07) is 10.9. The predicted molar refractivity (Wildman–Crippen MR) is 95.8 cm³/mol. The van der Waals surface area contributed by atoms with Crippen molar-refractivity contribution >= 4 is 11.8 Å². The van der Waals surface area contributed by atoms with E-state index in [0.29, 0.717) is 13.0 Å². The van der Waals surface area contributed by atoms with E-state index < -0.39 is 12.0 Å². The number of likely N-dealkylation sites (N-methyl/N-ethyl adjacent to an activating group) is 1. The van der Waals surface area contributed by atoms with Crippen LogP contribution in [0.25, 0.3) is 16.9 Å². The van der Waals surface area contributed by atoms with E-state index in [2.05, 4.69) is 10.3 Å². The number of carbonyl (C=O) groups excluding carboxylic acids is 2. The van der Waals surface area contributed by atoms with E-state index in [-0.39, 0.29) is 11.6 Å². The molecule has 1 aliphatic rings. The predicted octanol–water partition coefficient (Wildman–Crippen LogP) is 0.836. The van der Waals surface area contributed by atoms with Crippen LogP contribution in [-0.2, 0) is 4.79 Å². The van der Waals surface area contributed by atoms with Crippen molar-refractivity contribution in [1.82, 2.24) is 19.8 Å². The zero-order valence-electron chi connectivity index (χ0n) is 14.6. The van der Waals surface area contributed by atoms with Crippen LogP contribution in [0, 0.1) is 0 Å². The van der Waals surface area contributed by atoms with Gasteiger partial charge in [0, 0.05) is 31.4 Å². The highest BCUT2D eigenvalue weighted by Crippen LogP contribution is 2.20. The Morgan fingerprint density at radius 2 is 2.15 bits per heavy atom. The molecule has 9 heteroatoms. The minimum absolute atomic E-state index is 0.148. The van der Waals surface area contributed by atoms with Gasteiger partial charge in [0.05, 0.1) is 5.69 Å². The molecule has 3 N–H and O–H groups in total. The lowest BCUT2D eigenvalue weighted by Gasteiger charge is -2.04. The second kappa shape index (κ2) is 7.83. The Balaban J connectivity index is 0.000000221. The van der Waals surface area contributed by atoms with E-state index in [1.54, 1.807) is 30.1 Å². The van der Waals surface area contributed by atoms with Gasteiger partial charge in [-0.1, -0.05) is 17.3 Å². The summed E-state index contributed by atoms with van der Waals surface area (Å²) >= 11 is 0. The first-order chi connectivity index (χ1) is 13.0. The van der Waals surface area contributed by atoms with Gasteiger partial charge in [0.15, 0.2) is 0 Å². The molecule has 1 aliphatic heterocycles. The second-order valence-electron chi connectivity index (χ2n) is 6.01. The highest BCUT2D eigenvalue weighted by molar-refractivity contribution is 5.90. The lowest BCUT2D eigenvalue weighted by Crippen LogP contribution is -2.24. The number of aromatic nitrogens is 3. The van der Waals surface area contributed by atoms with Crippen molar-refractivity contribution < 1.29 is 19.2 Å². The van der Waals surface area contributed by atoms with Crippen molar-refractivity contribution in [2.24, 2.45) is 5.73 Å². The van der Waals surface area contributed by atoms with Gasteiger partial charge in [0.25, 0.3) is 11.8 Å². The molecule has 1 aromatic carbocycles. The molecular formula is C18H19N5O4. The van der Waals surface area contributed by atoms with Crippen LogP contribution in [0.1, 0.15) is 16.9 Å². The second-order valence-corrected chi connectivity index (χ2v) is 6.01. The molecule has 2 amide bonds. The summed E-state index contributed by atoms with van der Waals surface area (Å²) in [5.74, 6) is -0.698. The Morgan fingerprint density at radius 1 is 1.33 bits per heavy atom. The lowest BCUT2D eigenvalue weighted by atomic mass is 10.1. The maximum absolute atomic E-state index is 11.0. The Kier molecular flexibility index (Phi) is 5.32. The third-order valence-corrected chi connectivity index (χ3v) is 4.09. The van der Waals surface area contributed by atoms with Crippen LogP contribution < -0.4 is 5.73 Å². The van der Waals surface area contributed by atoms with E-state index in [0.717, 1.165) is 16.9 Å². The first-order valence-electron chi connectivity index (χ1n) is 8.25. The van der Waals surface area contributed by atoms with Gasteiger partial charge < -0.3 is 20.3 Å². The summed E-state index contributed by atoms with van der Waals surface area (Å²) in [5, 5.41) is 16.8. The molecule has 3 heterocycles. The Labute approximate surface area is 155 Å². The highest BCUT2D eigenvalue weighted by Gasteiger charge is 2.25. The van der Waals surface area contributed by atoms with Crippen LogP contribution in [0.4, 0.5) is 0 Å². The summed E-state index contributed by atoms with van der Waals surface area (Å²) in [7, 11) is 1.69. The number of likely N-dealkylation sites (tertiary alicyclic amines) is 1.